The van der Waals surface area contributed by atoms with Gasteiger partial charge in [0.05, 0.1) is 0 Å². The van der Waals surface area contributed by atoms with E-state index in [9.17, 15) is 0 Å². The lowest BCUT2D eigenvalue weighted by atomic mass is 10.2. The Morgan fingerprint density at radius 1 is 1.21 bits per heavy atom. The monoisotopic (exact) mass is 189 g/mol. The first-order valence-electron chi connectivity index (χ1n) is 5.11. The third-order valence-corrected chi connectivity index (χ3v) is 2.08. The van der Waals surface area contributed by atoms with Gasteiger partial charge in [-0.15, -0.1) is 0 Å². The fourth-order valence-electron chi connectivity index (χ4n) is 1.54. The van der Waals surface area contributed by atoms with Crippen LogP contribution in [0.25, 0.3) is 12.7 Å². The summed E-state index contributed by atoms with van der Waals surface area (Å²) < 4.78 is 0. The Morgan fingerprint density at radius 2 is 1.86 bits per heavy atom. The first kappa shape index (κ1) is 11.0. The molecule has 1 rings (SSSR count). The average Bonchev–Trinajstić information content (AvgIpc) is 2.07. The highest BCUT2D eigenvalue weighted by molar-refractivity contribution is 5.31. The van der Waals surface area contributed by atoms with Gasteiger partial charge in [-0.2, -0.15) is 0 Å². The van der Waals surface area contributed by atoms with E-state index in [0.717, 1.165) is 5.22 Å². The van der Waals surface area contributed by atoms with Crippen molar-refractivity contribution < 1.29 is 0 Å². The van der Waals surface area contributed by atoms with Gasteiger partial charge in [-0.1, -0.05) is 50.8 Å². The largest absolute Gasteiger partial charge is 0.309 e. The summed E-state index contributed by atoms with van der Waals surface area (Å²) in [6.07, 6.45) is 2.21. The summed E-state index contributed by atoms with van der Waals surface area (Å²) in [6, 6.07) is 9.09. The van der Waals surface area contributed by atoms with Crippen molar-refractivity contribution in [2.45, 2.75) is 32.9 Å². The van der Waals surface area contributed by atoms with Gasteiger partial charge < -0.3 is 5.32 Å². The Labute approximate surface area is 86.2 Å². The second-order valence-corrected chi connectivity index (χ2v) is 3.98. The molecule has 0 bridgehead atoms. The van der Waals surface area contributed by atoms with Crippen LogP contribution in [0.2, 0.25) is 0 Å². The summed E-state index contributed by atoms with van der Waals surface area (Å²) in [4.78, 5) is 0. The quantitative estimate of drug-likeness (QED) is 0.755. The number of benzene rings is 1. The van der Waals surface area contributed by atoms with Crippen LogP contribution in [0.4, 0.5) is 0 Å². The molecule has 0 radical (unpaired) electrons. The number of nitrogens with one attached hydrogen (secondary N) is 1. The zero-order chi connectivity index (χ0) is 10.6. The summed E-state index contributed by atoms with van der Waals surface area (Å²) in [5.74, 6) is 0. The van der Waals surface area contributed by atoms with Crippen molar-refractivity contribution in [3.63, 3.8) is 0 Å². The smallest absolute Gasteiger partial charge is 0.0232 e. The summed E-state index contributed by atoms with van der Waals surface area (Å²) in [6.45, 7) is 10.5. The Balaban J connectivity index is 2.88. The molecule has 1 heteroatoms. The molecule has 1 nitrogen and oxygen atoms in total. The van der Waals surface area contributed by atoms with Gasteiger partial charge in [0.25, 0.3) is 0 Å². The Bertz CT molecular complexity index is 378. The minimum Gasteiger partial charge on any atom is -0.309 e. The molecule has 0 saturated carbocycles. The maximum atomic E-state index is 3.99. The maximum Gasteiger partial charge on any atom is 0.0232 e. The highest BCUT2D eigenvalue weighted by atomic mass is 14.9. The van der Waals surface area contributed by atoms with E-state index in [1.165, 1.54) is 5.22 Å². The molecule has 0 amide bonds. The molecule has 0 fully saturated rings. The highest BCUT2D eigenvalue weighted by Crippen LogP contribution is 1.86. The van der Waals surface area contributed by atoms with Crippen LogP contribution >= 0.6 is 0 Å². The molecule has 0 heterocycles. The van der Waals surface area contributed by atoms with Crippen molar-refractivity contribution in [3.05, 3.63) is 34.7 Å². The maximum absolute atomic E-state index is 3.99. The van der Waals surface area contributed by atoms with E-state index in [1.54, 1.807) is 0 Å². The fraction of sp³-hybridized carbons (Fsp3) is 0.385. The van der Waals surface area contributed by atoms with Crippen LogP contribution in [-0.2, 0) is 0 Å². The highest BCUT2D eigenvalue weighted by Gasteiger charge is 1.97. The first-order valence-corrected chi connectivity index (χ1v) is 5.11. The van der Waals surface area contributed by atoms with Crippen LogP contribution in [-0.4, -0.2) is 12.1 Å². The third-order valence-electron chi connectivity index (χ3n) is 2.08. The molecule has 1 aromatic carbocycles. The lowest BCUT2D eigenvalue weighted by Gasteiger charge is -2.12. The Morgan fingerprint density at radius 3 is 2.43 bits per heavy atom. The van der Waals surface area contributed by atoms with Crippen molar-refractivity contribution in [2.75, 3.05) is 0 Å². The minimum absolute atomic E-state index is 0.387. The van der Waals surface area contributed by atoms with Crippen LogP contribution in [0.1, 0.15) is 20.8 Å². The zero-order valence-electron chi connectivity index (χ0n) is 9.25. The normalized spacial score (nSPS) is 14.7. The van der Waals surface area contributed by atoms with Crippen molar-refractivity contribution in [3.8, 4) is 0 Å². The molecule has 1 aromatic rings. The fourth-order valence-corrected chi connectivity index (χ4v) is 1.54. The van der Waals surface area contributed by atoms with Crippen LogP contribution in [0.5, 0.6) is 0 Å². The van der Waals surface area contributed by atoms with Crippen molar-refractivity contribution in [1.82, 2.24) is 5.32 Å². The molecule has 0 aliphatic rings. The van der Waals surface area contributed by atoms with Gasteiger partial charge >= 0.3 is 0 Å². The predicted octanol–water partition coefficient (Wildman–Crippen LogP) is 1.26. The number of hydrogen-bond acceptors (Lipinski definition) is 1. The van der Waals surface area contributed by atoms with E-state index >= 15 is 0 Å². The summed E-state index contributed by atoms with van der Waals surface area (Å²) in [5.41, 5.74) is 0. The molecule has 0 spiro atoms. The molecule has 0 aliphatic heterocycles. The molecule has 0 aromatic heterocycles. The summed E-state index contributed by atoms with van der Waals surface area (Å²) in [5, 5.41) is 5.74. The van der Waals surface area contributed by atoms with Crippen LogP contribution in [0.3, 0.4) is 0 Å². The second kappa shape index (κ2) is 4.97. The van der Waals surface area contributed by atoms with E-state index in [0.29, 0.717) is 12.1 Å². The van der Waals surface area contributed by atoms with E-state index < -0.39 is 0 Å². The van der Waals surface area contributed by atoms with Crippen molar-refractivity contribution >= 4 is 12.7 Å². The number of rotatable bonds is 3. The summed E-state index contributed by atoms with van der Waals surface area (Å²) in [7, 11) is 0. The Kier molecular flexibility index (Phi) is 3.90. The average molecular weight is 189 g/mol. The van der Waals surface area contributed by atoms with E-state index in [2.05, 4.69) is 44.8 Å². The second-order valence-electron chi connectivity index (χ2n) is 3.98. The van der Waals surface area contributed by atoms with Crippen molar-refractivity contribution in [1.29, 1.82) is 0 Å². The van der Waals surface area contributed by atoms with Crippen LogP contribution < -0.4 is 15.8 Å². The van der Waals surface area contributed by atoms with Crippen LogP contribution in [0.15, 0.2) is 24.3 Å². The van der Waals surface area contributed by atoms with Gasteiger partial charge in [0, 0.05) is 12.1 Å². The Hall–Kier alpha value is -1.08. The van der Waals surface area contributed by atoms with Gasteiger partial charge in [0.1, 0.15) is 0 Å². The van der Waals surface area contributed by atoms with E-state index in [4.69, 9.17) is 0 Å². The van der Waals surface area contributed by atoms with Gasteiger partial charge in [-0.3, -0.25) is 0 Å². The van der Waals surface area contributed by atoms with Gasteiger partial charge in [0.2, 0.25) is 0 Å². The van der Waals surface area contributed by atoms with Crippen LogP contribution in [0, 0.1) is 0 Å². The van der Waals surface area contributed by atoms with Crippen molar-refractivity contribution in [2.24, 2.45) is 0 Å². The SMILES string of the molecule is C=c1cccc/c1=C/C(C)NC(C)C. The molecule has 0 aliphatic carbocycles. The van der Waals surface area contributed by atoms with E-state index in [1.807, 2.05) is 18.2 Å². The predicted molar refractivity (Wildman–Crippen MR) is 63.4 cm³/mol. The van der Waals surface area contributed by atoms with E-state index in [-0.39, 0.29) is 0 Å². The lowest BCUT2D eigenvalue weighted by Crippen LogP contribution is -2.34. The molecule has 1 atom stereocenters. The molecule has 76 valence electrons. The third kappa shape index (κ3) is 3.35. The molecular formula is C13H19N. The molecule has 14 heavy (non-hydrogen) atoms. The standard InChI is InChI=1S/C13H19N/c1-10(2)14-12(4)9-13-8-6-5-7-11(13)3/h5-10,12,14H,3H2,1-2,4H3/b13-9-. The minimum atomic E-state index is 0.387. The molecule has 1 unspecified atom stereocenters. The van der Waals surface area contributed by atoms with Gasteiger partial charge in [-0.05, 0) is 17.4 Å². The molecular weight excluding hydrogens is 170 g/mol. The zero-order valence-corrected chi connectivity index (χ0v) is 9.25. The molecule has 1 N–H and O–H groups in total. The van der Waals surface area contributed by atoms with Gasteiger partial charge in [0.15, 0.2) is 0 Å². The topological polar surface area (TPSA) is 12.0 Å². The van der Waals surface area contributed by atoms with Gasteiger partial charge in [-0.25, -0.2) is 0 Å². The lowest BCUT2D eigenvalue weighted by molar-refractivity contribution is 0.564. The number of hydrogen-bond donors (Lipinski definition) is 1. The summed E-state index contributed by atoms with van der Waals surface area (Å²) >= 11 is 0. The first-order chi connectivity index (χ1) is 6.59. The molecule has 0 saturated heterocycles.